The summed E-state index contributed by atoms with van der Waals surface area (Å²) in [5, 5.41) is 0. The summed E-state index contributed by atoms with van der Waals surface area (Å²) >= 11 is 3.34. The molecule has 1 fully saturated rings. The molecule has 27 heavy (non-hydrogen) atoms. The van der Waals surface area contributed by atoms with Crippen LogP contribution >= 0.6 is 15.9 Å². The zero-order valence-electron chi connectivity index (χ0n) is 15.4. The molecule has 0 bridgehead atoms. The first-order valence-corrected chi connectivity index (χ1v) is 11.4. The van der Waals surface area contributed by atoms with E-state index in [1.54, 1.807) is 25.3 Å². The molecule has 0 radical (unpaired) electrons. The van der Waals surface area contributed by atoms with Gasteiger partial charge in [0.2, 0.25) is 10.0 Å². The lowest BCUT2D eigenvalue weighted by Gasteiger charge is -2.27. The molecule has 146 valence electrons. The molecule has 0 saturated carbocycles. The average molecular weight is 453 g/mol. The van der Waals surface area contributed by atoms with E-state index in [0.29, 0.717) is 10.2 Å². The number of hydrogen-bond donors (Lipinski definition) is 1. The molecular weight excluding hydrogens is 428 g/mol. The number of rotatable bonds is 7. The molecule has 1 aliphatic heterocycles. The molecule has 0 aromatic heterocycles. The number of ether oxygens (including phenoxy) is 1. The smallest absolute Gasteiger partial charge is 0.240 e. The number of nitrogens with one attached hydrogen (secondary N) is 1. The molecule has 1 aliphatic rings. The normalized spacial score (nSPS) is 15.6. The summed E-state index contributed by atoms with van der Waals surface area (Å²) in [6.07, 6.45) is 3.78. The van der Waals surface area contributed by atoms with Crippen LogP contribution < -0.4 is 9.46 Å². The number of halogens is 1. The topological polar surface area (TPSA) is 58.6 Å². The predicted molar refractivity (Wildman–Crippen MR) is 110 cm³/mol. The van der Waals surface area contributed by atoms with E-state index in [1.165, 1.54) is 24.8 Å². The van der Waals surface area contributed by atoms with Crippen LogP contribution in [-0.2, 0) is 23.1 Å². The molecule has 1 heterocycles. The molecular formula is C20H25BrN2O3S. The van der Waals surface area contributed by atoms with E-state index in [1.807, 2.05) is 18.2 Å². The van der Waals surface area contributed by atoms with E-state index in [0.717, 1.165) is 25.2 Å². The zero-order valence-corrected chi connectivity index (χ0v) is 17.9. The van der Waals surface area contributed by atoms with Crippen LogP contribution in [0, 0.1) is 0 Å². The molecule has 1 saturated heterocycles. The summed E-state index contributed by atoms with van der Waals surface area (Å²) in [6, 6.07) is 12.8. The van der Waals surface area contributed by atoms with E-state index < -0.39 is 10.0 Å². The molecule has 1 N–H and O–H groups in total. The molecule has 2 aromatic rings. The number of nitrogens with zero attached hydrogens (tertiary/aromatic N) is 1. The van der Waals surface area contributed by atoms with Crippen LogP contribution in [0.1, 0.15) is 30.4 Å². The fourth-order valence-corrected chi connectivity index (χ4v) is 5.04. The summed E-state index contributed by atoms with van der Waals surface area (Å²) in [5.41, 5.74) is 2.19. The lowest BCUT2D eigenvalue weighted by Crippen LogP contribution is -2.30. The highest BCUT2D eigenvalue weighted by Gasteiger charge is 2.17. The highest BCUT2D eigenvalue weighted by molar-refractivity contribution is 9.10. The maximum Gasteiger partial charge on any atom is 0.240 e. The van der Waals surface area contributed by atoms with Crippen molar-refractivity contribution in [1.29, 1.82) is 0 Å². The Morgan fingerprint density at radius 3 is 2.44 bits per heavy atom. The van der Waals surface area contributed by atoms with E-state index in [9.17, 15) is 8.42 Å². The first kappa shape index (κ1) is 20.3. The minimum absolute atomic E-state index is 0.212. The highest BCUT2D eigenvalue weighted by atomic mass is 79.9. The van der Waals surface area contributed by atoms with Crippen molar-refractivity contribution in [3.05, 3.63) is 58.1 Å². The van der Waals surface area contributed by atoms with Crippen molar-refractivity contribution < 1.29 is 13.2 Å². The fraction of sp³-hybridized carbons (Fsp3) is 0.400. The lowest BCUT2D eigenvalue weighted by molar-refractivity contribution is 0.220. The number of benzene rings is 2. The summed E-state index contributed by atoms with van der Waals surface area (Å²) < 4.78 is 33.8. The Hall–Kier alpha value is -1.41. The van der Waals surface area contributed by atoms with Crippen LogP contribution in [0.15, 0.2) is 51.8 Å². The third kappa shape index (κ3) is 5.31. The maximum absolute atomic E-state index is 12.7. The van der Waals surface area contributed by atoms with Gasteiger partial charge >= 0.3 is 0 Å². The van der Waals surface area contributed by atoms with Crippen molar-refractivity contribution in [3.63, 3.8) is 0 Å². The van der Waals surface area contributed by atoms with E-state index >= 15 is 0 Å². The minimum Gasteiger partial charge on any atom is -0.496 e. The van der Waals surface area contributed by atoms with Gasteiger partial charge in [0.05, 0.1) is 16.5 Å². The van der Waals surface area contributed by atoms with Gasteiger partial charge in [0, 0.05) is 13.1 Å². The second-order valence-electron chi connectivity index (χ2n) is 6.73. The average Bonchev–Trinajstić information content (AvgIpc) is 2.68. The van der Waals surface area contributed by atoms with E-state index in [4.69, 9.17) is 4.74 Å². The number of methoxy groups -OCH3 is 1. The van der Waals surface area contributed by atoms with Crippen LogP contribution in [-0.4, -0.2) is 33.5 Å². The standard InChI is InChI=1S/C20H25BrN2O3S/c1-26-20-10-9-18(13-19(20)21)27(24,25)22-14-16-7-3-4-8-17(16)15-23-11-5-2-6-12-23/h3-4,7-10,13,22H,2,5-6,11-12,14-15H2,1H3. The van der Waals surface area contributed by atoms with E-state index in [-0.39, 0.29) is 11.4 Å². The van der Waals surface area contributed by atoms with Gasteiger partial charge in [-0.05, 0) is 71.2 Å². The van der Waals surface area contributed by atoms with Crippen LogP contribution in [0.25, 0.3) is 0 Å². The Morgan fingerprint density at radius 1 is 1.07 bits per heavy atom. The molecule has 0 aliphatic carbocycles. The third-order valence-corrected chi connectivity index (χ3v) is 6.87. The molecule has 7 heteroatoms. The van der Waals surface area contributed by atoms with Crippen molar-refractivity contribution in [1.82, 2.24) is 9.62 Å². The van der Waals surface area contributed by atoms with Gasteiger partial charge in [-0.2, -0.15) is 0 Å². The van der Waals surface area contributed by atoms with Crippen molar-refractivity contribution in [2.45, 2.75) is 37.2 Å². The first-order chi connectivity index (χ1) is 13.0. The van der Waals surface area contributed by atoms with Crippen molar-refractivity contribution in [2.24, 2.45) is 0 Å². The predicted octanol–water partition coefficient (Wildman–Crippen LogP) is 3.92. The minimum atomic E-state index is -3.60. The van der Waals surface area contributed by atoms with Gasteiger partial charge in [0.25, 0.3) is 0 Å². The molecule has 0 atom stereocenters. The monoisotopic (exact) mass is 452 g/mol. The number of likely N-dealkylation sites (tertiary alicyclic amines) is 1. The van der Waals surface area contributed by atoms with Crippen LogP contribution in [0.2, 0.25) is 0 Å². The number of piperidine rings is 1. The quantitative estimate of drug-likeness (QED) is 0.691. The molecule has 0 amide bonds. The van der Waals surface area contributed by atoms with Crippen molar-refractivity contribution in [3.8, 4) is 5.75 Å². The maximum atomic E-state index is 12.7. The highest BCUT2D eigenvalue weighted by Crippen LogP contribution is 2.27. The Labute approximate surface area is 169 Å². The summed E-state index contributed by atoms with van der Waals surface area (Å²) in [4.78, 5) is 2.65. The Bertz CT molecular complexity index is 881. The third-order valence-electron chi connectivity index (χ3n) is 4.85. The summed E-state index contributed by atoms with van der Waals surface area (Å²) in [6.45, 7) is 3.36. The first-order valence-electron chi connectivity index (χ1n) is 9.12. The second kappa shape index (κ2) is 9.19. The van der Waals surface area contributed by atoms with Gasteiger partial charge in [-0.3, -0.25) is 4.90 Å². The SMILES string of the molecule is COc1ccc(S(=O)(=O)NCc2ccccc2CN2CCCCC2)cc1Br. The Balaban J connectivity index is 1.71. The molecule has 0 unspecified atom stereocenters. The van der Waals surface area contributed by atoms with Crippen LogP contribution in [0.4, 0.5) is 0 Å². The number of sulfonamides is 1. The second-order valence-corrected chi connectivity index (χ2v) is 9.35. The van der Waals surface area contributed by atoms with Gasteiger partial charge in [0.1, 0.15) is 5.75 Å². The Morgan fingerprint density at radius 2 is 1.78 bits per heavy atom. The fourth-order valence-electron chi connectivity index (χ4n) is 3.31. The molecule has 0 spiro atoms. The summed E-state index contributed by atoms with van der Waals surface area (Å²) in [7, 11) is -2.06. The molecule has 3 rings (SSSR count). The van der Waals surface area contributed by atoms with Gasteiger partial charge in [-0.25, -0.2) is 13.1 Å². The lowest BCUT2D eigenvalue weighted by atomic mass is 10.1. The Kier molecular flexibility index (Phi) is 6.92. The number of hydrogen-bond acceptors (Lipinski definition) is 4. The van der Waals surface area contributed by atoms with Gasteiger partial charge in [-0.15, -0.1) is 0 Å². The molecule has 5 nitrogen and oxygen atoms in total. The van der Waals surface area contributed by atoms with Gasteiger partial charge < -0.3 is 4.74 Å². The summed E-state index contributed by atoms with van der Waals surface area (Å²) in [5.74, 6) is 0.598. The van der Waals surface area contributed by atoms with Crippen LogP contribution in [0.5, 0.6) is 5.75 Å². The van der Waals surface area contributed by atoms with Gasteiger partial charge in [0.15, 0.2) is 0 Å². The zero-order chi connectivity index (χ0) is 19.3. The van der Waals surface area contributed by atoms with Gasteiger partial charge in [-0.1, -0.05) is 30.7 Å². The van der Waals surface area contributed by atoms with Crippen molar-refractivity contribution >= 4 is 26.0 Å². The largest absolute Gasteiger partial charge is 0.496 e. The molecule has 2 aromatic carbocycles. The van der Waals surface area contributed by atoms with Crippen molar-refractivity contribution in [2.75, 3.05) is 20.2 Å². The van der Waals surface area contributed by atoms with E-state index in [2.05, 4.69) is 31.6 Å². The van der Waals surface area contributed by atoms with Crippen LogP contribution in [0.3, 0.4) is 0 Å².